The predicted molar refractivity (Wildman–Crippen MR) is 86.0 cm³/mol. The van der Waals surface area contributed by atoms with Gasteiger partial charge in [-0.2, -0.15) is 0 Å². The Morgan fingerprint density at radius 2 is 1.80 bits per heavy atom. The minimum Gasteiger partial charge on any atom is -0.330 e. The molecule has 112 valence electrons. The second-order valence-corrected chi connectivity index (χ2v) is 6.37. The van der Waals surface area contributed by atoms with Crippen LogP contribution in [0.1, 0.15) is 24.8 Å². The molecule has 1 saturated heterocycles. The van der Waals surface area contributed by atoms with Crippen molar-refractivity contribution in [3.05, 3.63) is 35.9 Å². The fourth-order valence-electron chi connectivity index (χ4n) is 3.45. The van der Waals surface area contributed by atoms with Crippen LogP contribution in [0.15, 0.2) is 30.3 Å². The molecule has 1 aliphatic heterocycles. The number of likely N-dealkylation sites (tertiary alicyclic amines) is 1. The van der Waals surface area contributed by atoms with Gasteiger partial charge in [-0.05, 0) is 65.1 Å². The molecule has 20 heavy (non-hydrogen) atoms. The van der Waals surface area contributed by atoms with E-state index in [2.05, 4.69) is 54.2 Å². The highest BCUT2D eigenvalue weighted by molar-refractivity contribution is 5.27. The third-order valence-electron chi connectivity index (χ3n) is 4.50. The van der Waals surface area contributed by atoms with Gasteiger partial charge >= 0.3 is 0 Å². The molecule has 2 rings (SSSR count). The Balaban J connectivity index is 2.07. The zero-order valence-corrected chi connectivity index (χ0v) is 13.0. The lowest BCUT2D eigenvalue weighted by Crippen LogP contribution is -2.48. The molecule has 1 heterocycles. The largest absolute Gasteiger partial charge is 0.330 e. The molecular formula is C17H29N3. The summed E-state index contributed by atoms with van der Waals surface area (Å²) in [6.45, 7) is 5.49. The van der Waals surface area contributed by atoms with Gasteiger partial charge in [0.25, 0.3) is 0 Å². The number of hydrogen-bond donors (Lipinski definition) is 1. The molecule has 1 aliphatic rings. The third-order valence-corrected chi connectivity index (χ3v) is 4.50. The summed E-state index contributed by atoms with van der Waals surface area (Å²) in [4.78, 5) is 4.91. The van der Waals surface area contributed by atoms with E-state index in [4.69, 9.17) is 5.73 Å². The van der Waals surface area contributed by atoms with Crippen molar-refractivity contribution < 1.29 is 0 Å². The molecule has 0 atom stereocenters. The van der Waals surface area contributed by atoms with Gasteiger partial charge in [-0.25, -0.2) is 0 Å². The fraction of sp³-hybridized carbons (Fsp3) is 0.647. The van der Waals surface area contributed by atoms with Crippen molar-refractivity contribution in [3.63, 3.8) is 0 Å². The number of hydrogen-bond acceptors (Lipinski definition) is 3. The molecule has 0 spiro atoms. The summed E-state index contributed by atoms with van der Waals surface area (Å²) in [5, 5.41) is 0. The Kier molecular flexibility index (Phi) is 5.58. The summed E-state index contributed by atoms with van der Waals surface area (Å²) in [5.41, 5.74) is 7.45. The van der Waals surface area contributed by atoms with E-state index >= 15 is 0 Å². The highest BCUT2D eigenvalue weighted by atomic mass is 15.1. The zero-order chi connectivity index (χ0) is 14.4. The van der Waals surface area contributed by atoms with Crippen LogP contribution in [0.25, 0.3) is 0 Å². The van der Waals surface area contributed by atoms with Gasteiger partial charge in [0, 0.05) is 12.0 Å². The summed E-state index contributed by atoms with van der Waals surface area (Å²) in [6.07, 6.45) is 3.62. The first-order chi connectivity index (χ1) is 9.66. The number of nitrogens with two attached hydrogens (primary N) is 1. The van der Waals surface area contributed by atoms with Gasteiger partial charge < -0.3 is 15.5 Å². The van der Waals surface area contributed by atoms with Gasteiger partial charge in [0.15, 0.2) is 0 Å². The summed E-state index contributed by atoms with van der Waals surface area (Å²) in [5.74, 6) is 0. The molecule has 0 aliphatic carbocycles. The molecule has 0 amide bonds. The lowest BCUT2D eigenvalue weighted by atomic mass is 9.72. The van der Waals surface area contributed by atoms with E-state index in [1.54, 1.807) is 0 Å². The Morgan fingerprint density at radius 1 is 1.15 bits per heavy atom. The first kappa shape index (κ1) is 15.5. The maximum absolute atomic E-state index is 5.62. The van der Waals surface area contributed by atoms with Crippen molar-refractivity contribution in [1.82, 2.24) is 9.80 Å². The van der Waals surface area contributed by atoms with E-state index in [9.17, 15) is 0 Å². The average molecular weight is 275 g/mol. The molecule has 0 radical (unpaired) electrons. The van der Waals surface area contributed by atoms with E-state index in [0.717, 1.165) is 26.1 Å². The predicted octanol–water partition coefficient (Wildman–Crippen LogP) is 1.93. The van der Waals surface area contributed by atoms with Crippen molar-refractivity contribution in [2.24, 2.45) is 5.73 Å². The van der Waals surface area contributed by atoms with Crippen molar-refractivity contribution in [1.29, 1.82) is 0 Å². The number of rotatable bonds is 6. The maximum atomic E-state index is 5.62. The van der Waals surface area contributed by atoms with E-state index < -0.39 is 0 Å². The van der Waals surface area contributed by atoms with Gasteiger partial charge in [-0.3, -0.25) is 0 Å². The summed E-state index contributed by atoms with van der Waals surface area (Å²) in [6, 6.07) is 11.1. The van der Waals surface area contributed by atoms with Crippen molar-refractivity contribution >= 4 is 0 Å². The lowest BCUT2D eigenvalue weighted by molar-refractivity contribution is 0.133. The van der Waals surface area contributed by atoms with Gasteiger partial charge in [0.2, 0.25) is 0 Å². The average Bonchev–Trinajstić information content (AvgIpc) is 2.47. The Hall–Kier alpha value is -0.900. The van der Waals surface area contributed by atoms with Crippen LogP contribution in [-0.2, 0) is 5.41 Å². The van der Waals surface area contributed by atoms with Crippen LogP contribution in [0.2, 0.25) is 0 Å². The summed E-state index contributed by atoms with van der Waals surface area (Å²) >= 11 is 0. The molecule has 1 aromatic carbocycles. The molecular weight excluding hydrogens is 246 g/mol. The minimum atomic E-state index is 0.323. The fourth-order valence-corrected chi connectivity index (χ4v) is 3.45. The number of piperidine rings is 1. The molecule has 1 aromatic rings. The Labute approximate surface area is 123 Å². The standard InChI is InChI=1S/C17H29N3/c1-19(2)15-17(16-7-4-3-5-8-16)9-13-20(14-10-17)12-6-11-18/h3-5,7-8H,6,9-15,18H2,1-2H3. The molecule has 0 bridgehead atoms. The van der Waals surface area contributed by atoms with E-state index in [-0.39, 0.29) is 0 Å². The molecule has 3 heteroatoms. The van der Waals surface area contributed by atoms with E-state index in [1.807, 2.05) is 0 Å². The van der Waals surface area contributed by atoms with Crippen LogP contribution in [0, 0.1) is 0 Å². The van der Waals surface area contributed by atoms with Crippen molar-refractivity contribution in [2.45, 2.75) is 24.7 Å². The third kappa shape index (κ3) is 3.81. The van der Waals surface area contributed by atoms with Crippen LogP contribution in [0.3, 0.4) is 0 Å². The monoisotopic (exact) mass is 275 g/mol. The number of nitrogens with zero attached hydrogens (tertiary/aromatic N) is 2. The summed E-state index contributed by atoms with van der Waals surface area (Å²) < 4.78 is 0. The number of benzene rings is 1. The van der Waals surface area contributed by atoms with Crippen LogP contribution < -0.4 is 5.73 Å². The van der Waals surface area contributed by atoms with Gasteiger partial charge in [-0.15, -0.1) is 0 Å². The maximum Gasteiger partial charge on any atom is 0.0104 e. The first-order valence-corrected chi connectivity index (χ1v) is 7.79. The Bertz CT molecular complexity index is 380. The molecule has 2 N–H and O–H groups in total. The molecule has 0 aromatic heterocycles. The lowest BCUT2D eigenvalue weighted by Gasteiger charge is -2.44. The first-order valence-electron chi connectivity index (χ1n) is 7.79. The second kappa shape index (κ2) is 7.21. The van der Waals surface area contributed by atoms with Crippen molar-refractivity contribution in [2.75, 3.05) is 46.8 Å². The van der Waals surface area contributed by atoms with Crippen molar-refractivity contribution in [3.8, 4) is 0 Å². The SMILES string of the molecule is CN(C)CC1(c2ccccc2)CCN(CCCN)CC1. The zero-order valence-electron chi connectivity index (χ0n) is 13.0. The van der Waals surface area contributed by atoms with Gasteiger partial charge in [-0.1, -0.05) is 30.3 Å². The molecule has 0 unspecified atom stereocenters. The van der Waals surface area contributed by atoms with Crippen LogP contribution >= 0.6 is 0 Å². The second-order valence-electron chi connectivity index (χ2n) is 6.37. The topological polar surface area (TPSA) is 32.5 Å². The van der Waals surface area contributed by atoms with Gasteiger partial charge in [0.05, 0.1) is 0 Å². The Morgan fingerprint density at radius 3 is 2.35 bits per heavy atom. The van der Waals surface area contributed by atoms with Crippen LogP contribution in [0.4, 0.5) is 0 Å². The van der Waals surface area contributed by atoms with Gasteiger partial charge in [0.1, 0.15) is 0 Å². The smallest absolute Gasteiger partial charge is 0.0104 e. The molecule has 3 nitrogen and oxygen atoms in total. The van der Waals surface area contributed by atoms with Crippen LogP contribution in [-0.4, -0.2) is 56.6 Å². The normalized spacial score (nSPS) is 19.4. The molecule has 0 saturated carbocycles. The van der Waals surface area contributed by atoms with E-state index in [1.165, 1.54) is 31.5 Å². The van der Waals surface area contributed by atoms with E-state index in [0.29, 0.717) is 5.41 Å². The molecule has 1 fully saturated rings. The minimum absolute atomic E-state index is 0.323. The van der Waals surface area contributed by atoms with Crippen LogP contribution in [0.5, 0.6) is 0 Å². The highest BCUT2D eigenvalue weighted by Crippen LogP contribution is 2.36. The highest BCUT2D eigenvalue weighted by Gasteiger charge is 2.36. The quantitative estimate of drug-likeness (QED) is 0.861. The number of likely N-dealkylation sites (N-methyl/N-ethyl adjacent to an activating group) is 1. The summed E-state index contributed by atoms with van der Waals surface area (Å²) in [7, 11) is 4.37.